The Morgan fingerprint density at radius 2 is 1.64 bits per heavy atom. The van der Waals surface area contributed by atoms with Gasteiger partial charge in [-0.1, -0.05) is 0 Å². The van der Waals surface area contributed by atoms with Crippen LogP contribution in [0.3, 0.4) is 0 Å². The molecular formula is C5H13O5P. The SMILES string of the molecule is CCOP(=O)(OCC)OOC. The van der Waals surface area contributed by atoms with E-state index >= 15 is 0 Å². The first-order chi connectivity index (χ1) is 5.18. The second-order valence-corrected chi connectivity index (χ2v) is 3.08. The van der Waals surface area contributed by atoms with Gasteiger partial charge in [-0.2, -0.15) is 0 Å². The molecule has 0 heterocycles. The Kier molecular flexibility index (Phi) is 5.72. The first-order valence-electron chi connectivity index (χ1n) is 3.30. The van der Waals surface area contributed by atoms with Crippen LogP contribution in [0.2, 0.25) is 0 Å². The third-order valence-electron chi connectivity index (χ3n) is 0.740. The Bertz CT molecular complexity index is 113. The van der Waals surface area contributed by atoms with Crippen LogP contribution in [0.25, 0.3) is 0 Å². The fraction of sp³-hybridized carbons (Fsp3) is 1.00. The van der Waals surface area contributed by atoms with Crippen molar-refractivity contribution in [2.24, 2.45) is 0 Å². The standard InChI is InChI=1S/C5H13O5P/c1-4-8-11(6,9-5-2)10-7-3/h4-5H2,1-3H3. The summed E-state index contributed by atoms with van der Waals surface area (Å²) in [6.45, 7) is 3.87. The van der Waals surface area contributed by atoms with Crippen molar-refractivity contribution in [1.29, 1.82) is 0 Å². The molecule has 11 heavy (non-hydrogen) atoms. The summed E-state index contributed by atoms with van der Waals surface area (Å²) in [7, 11) is -2.20. The van der Waals surface area contributed by atoms with Crippen molar-refractivity contribution in [2.45, 2.75) is 13.8 Å². The highest BCUT2D eigenvalue weighted by atomic mass is 31.2. The number of phosphoric ester groups is 1. The molecule has 0 radical (unpaired) electrons. The fourth-order valence-corrected chi connectivity index (χ4v) is 1.46. The van der Waals surface area contributed by atoms with Gasteiger partial charge in [0.25, 0.3) is 0 Å². The van der Waals surface area contributed by atoms with Gasteiger partial charge in [-0.05, 0) is 13.8 Å². The lowest BCUT2D eigenvalue weighted by atomic mass is 10.9. The predicted molar refractivity (Wildman–Crippen MR) is 39.0 cm³/mol. The molecule has 0 amide bonds. The van der Waals surface area contributed by atoms with Crippen LogP contribution < -0.4 is 0 Å². The maximum atomic E-state index is 11.2. The largest absolute Gasteiger partial charge is 0.502 e. The lowest BCUT2D eigenvalue weighted by Crippen LogP contribution is -1.98. The van der Waals surface area contributed by atoms with E-state index in [1.165, 1.54) is 7.11 Å². The van der Waals surface area contributed by atoms with Gasteiger partial charge in [-0.15, -0.1) is 4.67 Å². The van der Waals surface area contributed by atoms with Crippen molar-refractivity contribution >= 4 is 7.82 Å². The average molecular weight is 184 g/mol. The summed E-state index contributed by atoms with van der Waals surface area (Å²) in [5.41, 5.74) is 0. The van der Waals surface area contributed by atoms with E-state index in [1.54, 1.807) is 13.8 Å². The third kappa shape index (κ3) is 4.50. The van der Waals surface area contributed by atoms with Gasteiger partial charge in [0.15, 0.2) is 0 Å². The molecule has 0 saturated heterocycles. The Labute approximate surface area is 66.1 Å². The van der Waals surface area contributed by atoms with Crippen LogP contribution in [0.1, 0.15) is 13.8 Å². The van der Waals surface area contributed by atoms with Crippen molar-refractivity contribution in [1.82, 2.24) is 0 Å². The first kappa shape index (κ1) is 11.1. The summed E-state index contributed by atoms with van der Waals surface area (Å²) in [5.74, 6) is 0. The Hall–Kier alpha value is 0.0700. The van der Waals surface area contributed by atoms with Crippen LogP contribution >= 0.6 is 7.82 Å². The molecule has 0 spiro atoms. The van der Waals surface area contributed by atoms with Crippen LogP contribution in [0, 0.1) is 0 Å². The van der Waals surface area contributed by atoms with Crippen LogP contribution in [-0.4, -0.2) is 20.3 Å². The van der Waals surface area contributed by atoms with Crippen molar-refractivity contribution in [3.63, 3.8) is 0 Å². The molecule has 0 unspecified atom stereocenters. The molecule has 0 aliphatic heterocycles. The molecule has 5 nitrogen and oxygen atoms in total. The number of hydrogen-bond acceptors (Lipinski definition) is 5. The maximum absolute atomic E-state index is 11.2. The van der Waals surface area contributed by atoms with Gasteiger partial charge < -0.3 is 0 Å². The van der Waals surface area contributed by atoms with Crippen LogP contribution in [0.15, 0.2) is 0 Å². The first-order valence-corrected chi connectivity index (χ1v) is 4.76. The Balaban J connectivity index is 3.91. The van der Waals surface area contributed by atoms with Crippen LogP contribution in [-0.2, 0) is 23.2 Å². The highest BCUT2D eigenvalue weighted by Crippen LogP contribution is 2.48. The minimum atomic E-state index is -3.44. The number of phosphoric acid groups is 1. The van der Waals surface area contributed by atoms with E-state index in [0.717, 1.165) is 0 Å². The summed E-state index contributed by atoms with van der Waals surface area (Å²) >= 11 is 0. The molecule has 68 valence electrons. The van der Waals surface area contributed by atoms with Gasteiger partial charge in [-0.3, -0.25) is 9.05 Å². The van der Waals surface area contributed by atoms with Crippen molar-refractivity contribution < 1.29 is 23.2 Å². The molecule has 0 bridgehead atoms. The molecule has 0 aromatic rings. The van der Waals surface area contributed by atoms with E-state index in [1.807, 2.05) is 0 Å². The van der Waals surface area contributed by atoms with E-state index < -0.39 is 7.82 Å². The average Bonchev–Trinajstić information content (AvgIpc) is 1.88. The second-order valence-electron chi connectivity index (χ2n) is 1.52. The topological polar surface area (TPSA) is 54.0 Å². The fourth-order valence-electron chi connectivity index (χ4n) is 0.488. The van der Waals surface area contributed by atoms with Crippen molar-refractivity contribution in [3.8, 4) is 0 Å². The van der Waals surface area contributed by atoms with Crippen molar-refractivity contribution in [3.05, 3.63) is 0 Å². The molecule has 0 atom stereocenters. The zero-order chi connectivity index (χ0) is 8.74. The van der Waals surface area contributed by atoms with Gasteiger partial charge in [0.1, 0.15) is 0 Å². The lowest BCUT2D eigenvalue weighted by molar-refractivity contribution is -0.200. The maximum Gasteiger partial charge on any atom is 0.502 e. The van der Waals surface area contributed by atoms with E-state index in [2.05, 4.69) is 9.56 Å². The van der Waals surface area contributed by atoms with E-state index in [9.17, 15) is 4.57 Å². The predicted octanol–water partition coefficient (Wildman–Crippen LogP) is 1.75. The molecule has 0 saturated carbocycles. The van der Waals surface area contributed by atoms with Gasteiger partial charge in [0.2, 0.25) is 0 Å². The molecule has 0 N–H and O–H groups in total. The summed E-state index contributed by atoms with van der Waals surface area (Å²) in [4.78, 5) is 4.20. The minimum absolute atomic E-state index is 0.251. The molecule has 6 heteroatoms. The van der Waals surface area contributed by atoms with Crippen molar-refractivity contribution in [2.75, 3.05) is 20.3 Å². The molecule has 0 rings (SSSR count). The monoisotopic (exact) mass is 184 g/mol. The summed E-state index contributed by atoms with van der Waals surface area (Å²) in [5, 5.41) is 0. The third-order valence-corrected chi connectivity index (χ3v) is 2.22. The van der Waals surface area contributed by atoms with Crippen LogP contribution in [0.5, 0.6) is 0 Å². The zero-order valence-electron chi connectivity index (χ0n) is 6.90. The molecule has 0 fully saturated rings. The van der Waals surface area contributed by atoms with Gasteiger partial charge in [0.05, 0.1) is 20.3 Å². The summed E-state index contributed by atoms with van der Waals surface area (Å²) < 4.78 is 24.9. The minimum Gasteiger partial charge on any atom is -0.286 e. The lowest BCUT2D eigenvalue weighted by Gasteiger charge is -2.12. The molecule has 0 aliphatic rings. The van der Waals surface area contributed by atoms with Gasteiger partial charge >= 0.3 is 7.82 Å². The highest BCUT2D eigenvalue weighted by Gasteiger charge is 2.26. The smallest absolute Gasteiger partial charge is 0.286 e. The molecule has 0 aromatic carbocycles. The van der Waals surface area contributed by atoms with E-state index in [0.29, 0.717) is 0 Å². The van der Waals surface area contributed by atoms with E-state index in [4.69, 9.17) is 9.05 Å². The summed E-state index contributed by atoms with van der Waals surface area (Å²) in [6.07, 6.45) is 0. The summed E-state index contributed by atoms with van der Waals surface area (Å²) in [6, 6.07) is 0. The normalized spacial score (nSPS) is 11.9. The van der Waals surface area contributed by atoms with Gasteiger partial charge in [-0.25, -0.2) is 9.45 Å². The highest BCUT2D eigenvalue weighted by molar-refractivity contribution is 7.48. The Morgan fingerprint density at radius 1 is 1.18 bits per heavy atom. The van der Waals surface area contributed by atoms with Gasteiger partial charge in [0, 0.05) is 0 Å². The molecule has 0 aliphatic carbocycles. The molecular weight excluding hydrogens is 171 g/mol. The van der Waals surface area contributed by atoms with Crippen LogP contribution in [0.4, 0.5) is 0 Å². The zero-order valence-corrected chi connectivity index (χ0v) is 7.80. The second kappa shape index (κ2) is 5.69. The Morgan fingerprint density at radius 3 is 1.91 bits per heavy atom. The number of hydrogen-bond donors (Lipinski definition) is 0. The van der Waals surface area contributed by atoms with E-state index in [-0.39, 0.29) is 13.2 Å². The molecule has 0 aromatic heterocycles. The number of rotatable bonds is 6. The quantitative estimate of drug-likeness (QED) is 0.357.